The molecular weight excluding hydrogens is 246 g/mol. The van der Waals surface area contributed by atoms with E-state index in [1.165, 1.54) is 7.11 Å². The van der Waals surface area contributed by atoms with Crippen LogP contribution in [-0.4, -0.2) is 31.5 Å². The van der Waals surface area contributed by atoms with Crippen molar-refractivity contribution in [3.8, 4) is 5.75 Å². The number of aliphatic hydroxyl groups is 1. The van der Waals surface area contributed by atoms with E-state index in [-0.39, 0.29) is 18.6 Å². The Morgan fingerprint density at radius 1 is 1.37 bits per heavy atom. The van der Waals surface area contributed by atoms with Crippen molar-refractivity contribution < 1.29 is 19.4 Å². The van der Waals surface area contributed by atoms with Crippen LogP contribution in [0.3, 0.4) is 0 Å². The van der Waals surface area contributed by atoms with Gasteiger partial charge in [-0.1, -0.05) is 26.8 Å². The van der Waals surface area contributed by atoms with Gasteiger partial charge < -0.3 is 14.6 Å². The molecule has 0 bridgehead atoms. The molecule has 0 spiro atoms. The zero-order valence-electron chi connectivity index (χ0n) is 11.8. The number of hydrogen-bond acceptors (Lipinski definition) is 4. The summed E-state index contributed by atoms with van der Waals surface area (Å²) in [5.41, 5.74) is 1.60. The molecular formula is C14H21NO4. The lowest BCUT2D eigenvalue weighted by Crippen LogP contribution is -2.17. The molecule has 0 saturated carbocycles. The van der Waals surface area contributed by atoms with Gasteiger partial charge in [0.1, 0.15) is 12.4 Å². The minimum absolute atomic E-state index is 0.0301. The van der Waals surface area contributed by atoms with Crippen molar-refractivity contribution in [2.24, 2.45) is 0 Å². The molecule has 5 heteroatoms. The summed E-state index contributed by atoms with van der Waals surface area (Å²) in [7, 11) is 1.54. The first-order chi connectivity index (χ1) is 8.88. The predicted molar refractivity (Wildman–Crippen MR) is 73.8 cm³/mol. The Balaban J connectivity index is 2.93. The van der Waals surface area contributed by atoms with Gasteiger partial charge in [0.2, 0.25) is 0 Å². The van der Waals surface area contributed by atoms with Gasteiger partial charge in [-0.15, -0.1) is 0 Å². The summed E-state index contributed by atoms with van der Waals surface area (Å²) >= 11 is 0. The van der Waals surface area contributed by atoms with Gasteiger partial charge in [0.05, 0.1) is 19.4 Å². The highest BCUT2D eigenvalue weighted by Gasteiger charge is 2.17. The van der Waals surface area contributed by atoms with Gasteiger partial charge in [0, 0.05) is 0 Å². The molecule has 0 aromatic heterocycles. The minimum Gasteiger partial charge on any atom is -0.495 e. The van der Waals surface area contributed by atoms with Crippen molar-refractivity contribution in [1.82, 2.24) is 0 Å². The maximum atomic E-state index is 11.5. The molecule has 1 amide bonds. The Labute approximate surface area is 113 Å². The van der Waals surface area contributed by atoms with Crippen molar-refractivity contribution in [2.75, 3.05) is 25.6 Å². The molecule has 0 radical (unpaired) electrons. The Bertz CT molecular complexity index is 438. The third-order valence-corrected chi connectivity index (χ3v) is 2.63. The molecule has 0 saturated heterocycles. The van der Waals surface area contributed by atoms with E-state index in [2.05, 4.69) is 26.1 Å². The number of ether oxygens (including phenoxy) is 2. The van der Waals surface area contributed by atoms with E-state index in [4.69, 9.17) is 14.6 Å². The SMILES string of the molecule is COc1ccc(C(C)(C)C)cc1NC(=O)OCCO. The van der Waals surface area contributed by atoms with E-state index >= 15 is 0 Å². The highest BCUT2D eigenvalue weighted by atomic mass is 16.6. The van der Waals surface area contributed by atoms with E-state index in [0.29, 0.717) is 11.4 Å². The summed E-state index contributed by atoms with van der Waals surface area (Å²) in [6, 6.07) is 5.63. The second-order valence-electron chi connectivity index (χ2n) is 5.15. The zero-order chi connectivity index (χ0) is 14.5. The Morgan fingerprint density at radius 3 is 2.58 bits per heavy atom. The third kappa shape index (κ3) is 4.44. The summed E-state index contributed by atoms with van der Waals surface area (Å²) < 4.78 is 9.96. The molecule has 0 unspecified atom stereocenters. The highest BCUT2D eigenvalue weighted by Crippen LogP contribution is 2.31. The Kier molecular flexibility index (Phi) is 5.18. The average molecular weight is 267 g/mol. The van der Waals surface area contributed by atoms with Crippen LogP contribution in [0.5, 0.6) is 5.75 Å². The van der Waals surface area contributed by atoms with E-state index in [0.717, 1.165) is 5.56 Å². The van der Waals surface area contributed by atoms with Gasteiger partial charge in [0.25, 0.3) is 0 Å². The summed E-state index contributed by atoms with van der Waals surface area (Å²) in [6.07, 6.45) is -0.613. The number of aliphatic hydroxyl groups excluding tert-OH is 1. The zero-order valence-corrected chi connectivity index (χ0v) is 11.8. The van der Waals surface area contributed by atoms with Crippen LogP contribution < -0.4 is 10.1 Å². The second-order valence-corrected chi connectivity index (χ2v) is 5.15. The van der Waals surface area contributed by atoms with Crippen LogP contribution in [0.15, 0.2) is 18.2 Å². The van der Waals surface area contributed by atoms with Gasteiger partial charge in [-0.3, -0.25) is 5.32 Å². The normalized spacial score (nSPS) is 11.0. The van der Waals surface area contributed by atoms with Crippen molar-refractivity contribution in [3.05, 3.63) is 23.8 Å². The van der Waals surface area contributed by atoms with Crippen molar-refractivity contribution in [3.63, 3.8) is 0 Å². The first kappa shape index (κ1) is 15.3. The largest absolute Gasteiger partial charge is 0.495 e. The van der Waals surface area contributed by atoms with Gasteiger partial charge in [0.15, 0.2) is 0 Å². The molecule has 5 nitrogen and oxygen atoms in total. The summed E-state index contributed by atoms with van der Waals surface area (Å²) in [4.78, 5) is 11.5. The monoisotopic (exact) mass is 267 g/mol. The van der Waals surface area contributed by atoms with Crippen LogP contribution in [0, 0.1) is 0 Å². The number of carbonyl (C=O) groups is 1. The number of amides is 1. The molecule has 0 aliphatic rings. The van der Waals surface area contributed by atoms with E-state index < -0.39 is 6.09 Å². The minimum atomic E-state index is -0.613. The molecule has 0 aliphatic heterocycles. The van der Waals surface area contributed by atoms with Gasteiger partial charge in [-0.25, -0.2) is 4.79 Å². The number of carbonyl (C=O) groups excluding carboxylic acids is 1. The Morgan fingerprint density at radius 2 is 2.05 bits per heavy atom. The fourth-order valence-corrected chi connectivity index (χ4v) is 1.56. The summed E-state index contributed by atoms with van der Waals surface area (Å²) in [5.74, 6) is 0.564. The molecule has 106 valence electrons. The van der Waals surface area contributed by atoms with Crippen molar-refractivity contribution in [1.29, 1.82) is 0 Å². The molecule has 19 heavy (non-hydrogen) atoms. The van der Waals surface area contributed by atoms with Gasteiger partial charge in [-0.05, 0) is 23.1 Å². The Hall–Kier alpha value is -1.75. The van der Waals surface area contributed by atoms with Crippen LogP contribution in [0.4, 0.5) is 10.5 Å². The molecule has 2 N–H and O–H groups in total. The van der Waals surface area contributed by atoms with Crippen molar-refractivity contribution >= 4 is 11.8 Å². The number of rotatable bonds is 4. The summed E-state index contributed by atoms with van der Waals surface area (Å²) in [5, 5.41) is 11.2. The average Bonchev–Trinajstić information content (AvgIpc) is 2.35. The van der Waals surface area contributed by atoms with Crippen LogP contribution >= 0.6 is 0 Å². The fraction of sp³-hybridized carbons (Fsp3) is 0.500. The molecule has 1 aromatic carbocycles. The lowest BCUT2D eigenvalue weighted by Gasteiger charge is -2.21. The highest BCUT2D eigenvalue weighted by molar-refractivity contribution is 5.87. The fourth-order valence-electron chi connectivity index (χ4n) is 1.56. The molecule has 0 aliphatic carbocycles. The number of anilines is 1. The van der Waals surface area contributed by atoms with Crippen LogP contribution in [-0.2, 0) is 10.2 Å². The molecule has 0 atom stereocenters. The first-order valence-corrected chi connectivity index (χ1v) is 6.11. The van der Waals surface area contributed by atoms with Crippen LogP contribution in [0.2, 0.25) is 0 Å². The molecule has 0 heterocycles. The van der Waals surface area contributed by atoms with Gasteiger partial charge >= 0.3 is 6.09 Å². The van der Waals surface area contributed by atoms with E-state index in [1.54, 1.807) is 0 Å². The smallest absolute Gasteiger partial charge is 0.411 e. The van der Waals surface area contributed by atoms with Gasteiger partial charge in [-0.2, -0.15) is 0 Å². The number of methoxy groups -OCH3 is 1. The van der Waals surface area contributed by atoms with Crippen molar-refractivity contribution in [2.45, 2.75) is 26.2 Å². The summed E-state index contributed by atoms with van der Waals surface area (Å²) in [6.45, 7) is 6.02. The third-order valence-electron chi connectivity index (χ3n) is 2.63. The number of hydrogen-bond donors (Lipinski definition) is 2. The lowest BCUT2D eigenvalue weighted by molar-refractivity contribution is 0.131. The quantitative estimate of drug-likeness (QED) is 0.879. The number of nitrogens with one attached hydrogen (secondary N) is 1. The number of benzene rings is 1. The standard InChI is InChI=1S/C14H21NO4/c1-14(2,3)10-5-6-12(18-4)11(9-10)15-13(17)19-8-7-16/h5-6,9,16H,7-8H2,1-4H3,(H,15,17). The lowest BCUT2D eigenvalue weighted by atomic mass is 9.87. The molecule has 1 aromatic rings. The second kappa shape index (κ2) is 6.43. The maximum absolute atomic E-state index is 11.5. The van der Waals surface area contributed by atoms with Crippen LogP contribution in [0.1, 0.15) is 26.3 Å². The van der Waals surface area contributed by atoms with E-state index in [1.807, 2.05) is 18.2 Å². The van der Waals surface area contributed by atoms with Crippen LogP contribution in [0.25, 0.3) is 0 Å². The molecule has 0 fully saturated rings. The first-order valence-electron chi connectivity index (χ1n) is 6.11. The topological polar surface area (TPSA) is 67.8 Å². The predicted octanol–water partition coefficient (Wildman–Crippen LogP) is 2.53. The van der Waals surface area contributed by atoms with E-state index in [9.17, 15) is 4.79 Å². The maximum Gasteiger partial charge on any atom is 0.411 e. The molecule has 1 rings (SSSR count).